The summed E-state index contributed by atoms with van der Waals surface area (Å²) in [4.78, 5) is 16.1. The summed E-state index contributed by atoms with van der Waals surface area (Å²) in [5, 5.41) is 2.91. The highest BCUT2D eigenvalue weighted by molar-refractivity contribution is 9.10. The lowest BCUT2D eigenvalue weighted by atomic mass is 10.2. The summed E-state index contributed by atoms with van der Waals surface area (Å²) >= 11 is 12.5. The molecule has 0 fully saturated rings. The number of rotatable bonds is 2. The molecule has 4 nitrogen and oxygen atoms in total. The second-order valence-corrected chi connectivity index (χ2v) is 5.81. The van der Waals surface area contributed by atoms with Gasteiger partial charge < -0.3 is 11.1 Å². The lowest BCUT2D eigenvalue weighted by Gasteiger charge is -2.09. The highest BCUT2D eigenvalue weighted by Gasteiger charge is 2.13. The number of carbonyl (C=O) groups excluding carboxylic acids is 1. The molecule has 0 saturated carbocycles. The number of amides is 1. The first-order valence-corrected chi connectivity index (χ1v) is 7.11. The van der Waals surface area contributed by atoms with Gasteiger partial charge >= 0.3 is 0 Å². The molecule has 0 radical (unpaired) electrons. The predicted octanol–water partition coefficient (Wildman–Crippen LogP) is 4.09. The van der Waals surface area contributed by atoms with Crippen LogP contribution in [-0.2, 0) is 0 Å². The number of nitrogens with one attached hydrogen (secondary N) is 1. The number of carbonyl (C=O) groups is 1. The molecule has 0 spiro atoms. The molecule has 98 valence electrons. The molecule has 1 heterocycles. The minimum Gasteiger partial charge on any atom is -0.399 e. The minimum atomic E-state index is -0.319. The van der Waals surface area contributed by atoms with Gasteiger partial charge in [-0.1, -0.05) is 11.6 Å². The molecule has 3 N–H and O–H groups in total. The first-order chi connectivity index (χ1) is 8.97. The number of anilines is 2. The highest BCUT2D eigenvalue weighted by Crippen LogP contribution is 2.25. The van der Waals surface area contributed by atoms with Crippen molar-refractivity contribution in [3.63, 3.8) is 0 Å². The van der Waals surface area contributed by atoms with Crippen molar-refractivity contribution in [1.82, 2.24) is 4.98 Å². The molecule has 0 aliphatic rings. The lowest BCUT2D eigenvalue weighted by molar-refractivity contribution is 0.102. The summed E-state index contributed by atoms with van der Waals surface area (Å²) in [6, 6.07) is 6.67. The topological polar surface area (TPSA) is 68.0 Å². The number of hydrogen-bond donors (Lipinski definition) is 2. The number of nitrogen functional groups attached to an aromatic ring is 1. The van der Waals surface area contributed by atoms with Crippen LogP contribution in [-0.4, -0.2) is 10.9 Å². The maximum atomic E-state index is 12.2. The third-order valence-electron chi connectivity index (χ3n) is 2.29. The van der Waals surface area contributed by atoms with E-state index >= 15 is 0 Å². The zero-order valence-electron chi connectivity index (χ0n) is 9.45. The molecule has 7 heteroatoms. The van der Waals surface area contributed by atoms with E-state index in [1.807, 2.05) is 0 Å². The Morgan fingerprint density at radius 3 is 2.79 bits per heavy atom. The number of aromatic nitrogens is 1. The Bertz CT molecular complexity index is 649. The van der Waals surface area contributed by atoms with E-state index in [0.717, 1.165) is 4.47 Å². The van der Waals surface area contributed by atoms with Gasteiger partial charge in [-0.05, 0) is 56.1 Å². The summed E-state index contributed by atoms with van der Waals surface area (Å²) in [6.07, 6.45) is 1.55. The fourth-order valence-corrected chi connectivity index (χ4v) is 2.33. The summed E-state index contributed by atoms with van der Waals surface area (Å²) in [7, 11) is 0. The number of nitrogens with zero attached hydrogens (tertiary/aromatic N) is 1. The van der Waals surface area contributed by atoms with Crippen LogP contribution in [0.3, 0.4) is 0 Å². The number of halogens is 3. The largest absolute Gasteiger partial charge is 0.399 e. The first kappa shape index (κ1) is 14.3. The molecule has 0 unspecified atom stereocenters. The molecule has 1 amide bonds. The third-order valence-corrected chi connectivity index (χ3v) is 3.72. The Hall–Kier alpha value is -1.11. The molecule has 0 bridgehead atoms. The van der Waals surface area contributed by atoms with Gasteiger partial charge in [0, 0.05) is 20.8 Å². The van der Waals surface area contributed by atoms with Crippen LogP contribution in [0, 0.1) is 0 Å². The number of hydrogen-bond acceptors (Lipinski definition) is 3. The minimum absolute atomic E-state index is 0.219. The Labute approximate surface area is 131 Å². The second-order valence-electron chi connectivity index (χ2n) is 3.69. The van der Waals surface area contributed by atoms with Gasteiger partial charge in [-0.25, -0.2) is 4.98 Å². The molecule has 1 aromatic heterocycles. The zero-order valence-corrected chi connectivity index (χ0v) is 13.4. The molecule has 0 aliphatic heterocycles. The molecule has 19 heavy (non-hydrogen) atoms. The summed E-state index contributed by atoms with van der Waals surface area (Å²) in [5.74, 6) is -0.319. The van der Waals surface area contributed by atoms with Crippen molar-refractivity contribution in [3.05, 3.63) is 50.1 Å². The quantitative estimate of drug-likeness (QED) is 0.584. The number of nitrogens with two attached hydrogens (primary N) is 1. The van der Waals surface area contributed by atoms with Gasteiger partial charge in [0.1, 0.15) is 0 Å². The molecular weight excluding hydrogens is 397 g/mol. The predicted molar refractivity (Wildman–Crippen MR) is 83.5 cm³/mol. The van der Waals surface area contributed by atoms with Crippen molar-refractivity contribution in [3.8, 4) is 0 Å². The highest BCUT2D eigenvalue weighted by atomic mass is 79.9. The fraction of sp³-hybridized carbons (Fsp3) is 0. The van der Waals surface area contributed by atoms with E-state index in [1.54, 1.807) is 30.5 Å². The Kier molecular flexibility index (Phi) is 4.44. The summed E-state index contributed by atoms with van der Waals surface area (Å²) < 4.78 is 1.37. The van der Waals surface area contributed by atoms with Gasteiger partial charge in [-0.2, -0.15) is 0 Å². The second kappa shape index (κ2) is 5.90. The van der Waals surface area contributed by atoms with Crippen LogP contribution in [0.15, 0.2) is 39.4 Å². The zero-order chi connectivity index (χ0) is 14.0. The fourth-order valence-electron chi connectivity index (χ4n) is 1.42. The van der Waals surface area contributed by atoms with E-state index in [0.29, 0.717) is 21.4 Å². The van der Waals surface area contributed by atoms with Crippen LogP contribution in [0.1, 0.15) is 10.4 Å². The molecule has 0 atom stereocenters. The molecule has 2 aromatic rings. The van der Waals surface area contributed by atoms with E-state index in [4.69, 9.17) is 17.3 Å². The SMILES string of the molecule is Nc1ccc(Br)c(C(=O)Nc2cc(Br)cnc2Cl)c1. The monoisotopic (exact) mass is 403 g/mol. The van der Waals surface area contributed by atoms with E-state index in [9.17, 15) is 4.79 Å². The Morgan fingerprint density at radius 1 is 1.32 bits per heavy atom. The van der Waals surface area contributed by atoms with Crippen LogP contribution in [0.5, 0.6) is 0 Å². The Morgan fingerprint density at radius 2 is 2.05 bits per heavy atom. The Balaban J connectivity index is 2.30. The van der Waals surface area contributed by atoms with Crippen molar-refractivity contribution < 1.29 is 4.79 Å². The third kappa shape index (κ3) is 3.46. The van der Waals surface area contributed by atoms with Crippen molar-refractivity contribution in [2.45, 2.75) is 0 Å². The normalized spacial score (nSPS) is 10.3. The van der Waals surface area contributed by atoms with E-state index in [2.05, 4.69) is 42.2 Å². The number of benzene rings is 1. The van der Waals surface area contributed by atoms with Crippen molar-refractivity contribution in [1.29, 1.82) is 0 Å². The van der Waals surface area contributed by atoms with Gasteiger partial charge in [0.05, 0.1) is 11.3 Å². The van der Waals surface area contributed by atoms with Gasteiger partial charge in [0.2, 0.25) is 0 Å². The maximum absolute atomic E-state index is 12.2. The van der Waals surface area contributed by atoms with Gasteiger partial charge in [0.25, 0.3) is 5.91 Å². The van der Waals surface area contributed by atoms with E-state index < -0.39 is 0 Å². The lowest BCUT2D eigenvalue weighted by Crippen LogP contribution is -2.13. The first-order valence-electron chi connectivity index (χ1n) is 5.15. The van der Waals surface area contributed by atoms with Gasteiger partial charge in [0.15, 0.2) is 5.15 Å². The number of pyridine rings is 1. The van der Waals surface area contributed by atoms with E-state index in [1.165, 1.54) is 0 Å². The standard InChI is InChI=1S/C12H8Br2ClN3O/c13-6-3-10(11(15)17-5-6)18-12(19)8-4-7(16)1-2-9(8)14/h1-5H,16H2,(H,18,19). The van der Waals surface area contributed by atoms with Crippen molar-refractivity contribution in [2.75, 3.05) is 11.1 Å². The van der Waals surface area contributed by atoms with Crippen LogP contribution >= 0.6 is 43.5 Å². The maximum Gasteiger partial charge on any atom is 0.256 e. The smallest absolute Gasteiger partial charge is 0.256 e. The van der Waals surface area contributed by atoms with Crippen molar-refractivity contribution >= 4 is 60.7 Å². The van der Waals surface area contributed by atoms with Gasteiger partial charge in [-0.3, -0.25) is 4.79 Å². The molecule has 0 aliphatic carbocycles. The molecular formula is C12H8Br2ClN3O. The summed E-state index contributed by atoms with van der Waals surface area (Å²) in [6.45, 7) is 0. The molecule has 0 saturated heterocycles. The van der Waals surface area contributed by atoms with Crippen LogP contribution in [0.2, 0.25) is 5.15 Å². The average Bonchev–Trinajstić information content (AvgIpc) is 2.36. The summed E-state index contributed by atoms with van der Waals surface area (Å²) in [5.41, 5.74) is 7.03. The van der Waals surface area contributed by atoms with E-state index in [-0.39, 0.29) is 11.1 Å². The molecule has 1 aromatic carbocycles. The van der Waals surface area contributed by atoms with Crippen LogP contribution in [0.25, 0.3) is 0 Å². The van der Waals surface area contributed by atoms with Crippen LogP contribution in [0.4, 0.5) is 11.4 Å². The average molecular weight is 405 g/mol. The van der Waals surface area contributed by atoms with Crippen LogP contribution < -0.4 is 11.1 Å². The van der Waals surface area contributed by atoms with Gasteiger partial charge in [-0.15, -0.1) is 0 Å². The van der Waals surface area contributed by atoms with Crippen molar-refractivity contribution in [2.24, 2.45) is 0 Å². The molecule has 2 rings (SSSR count).